The van der Waals surface area contributed by atoms with Crippen molar-refractivity contribution in [3.05, 3.63) is 23.8 Å². The molecule has 0 amide bonds. The molecule has 4 nitrogen and oxygen atoms in total. The Morgan fingerprint density at radius 1 is 1.26 bits per heavy atom. The molecule has 1 aromatic rings. The first-order valence-electron chi connectivity index (χ1n) is 6.55. The number of carbonyl (C=O) groups is 1. The molecule has 19 heavy (non-hydrogen) atoms. The lowest BCUT2D eigenvalue weighted by molar-refractivity contribution is -0.112. The van der Waals surface area contributed by atoms with Crippen LogP contribution in [0.25, 0.3) is 0 Å². The third-order valence-electron chi connectivity index (χ3n) is 3.88. The van der Waals surface area contributed by atoms with Crippen LogP contribution in [0.3, 0.4) is 0 Å². The standard InChI is InChI=1S/C15H21NO3/c1-16-7-6-12(10-17)13(9-16)11-4-5-14(18-2)15(8-11)19-3/h4-5,8,10,12-13H,6-7,9H2,1-3H3. The van der Waals surface area contributed by atoms with Crippen LogP contribution >= 0.6 is 0 Å². The van der Waals surface area contributed by atoms with Gasteiger partial charge in [-0.3, -0.25) is 0 Å². The van der Waals surface area contributed by atoms with Crippen LogP contribution < -0.4 is 9.47 Å². The highest BCUT2D eigenvalue weighted by Crippen LogP contribution is 2.36. The molecule has 0 spiro atoms. The van der Waals surface area contributed by atoms with E-state index in [9.17, 15) is 4.79 Å². The summed E-state index contributed by atoms with van der Waals surface area (Å²) < 4.78 is 10.6. The Balaban J connectivity index is 2.30. The molecular weight excluding hydrogens is 242 g/mol. The van der Waals surface area contributed by atoms with Gasteiger partial charge in [0.05, 0.1) is 14.2 Å². The smallest absolute Gasteiger partial charge is 0.160 e. The van der Waals surface area contributed by atoms with Crippen LogP contribution in [-0.4, -0.2) is 45.5 Å². The van der Waals surface area contributed by atoms with Crippen LogP contribution in [0.15, 0.2) is 18.2 Å². The SMILES string of the molecule is COc1ccc(C2CN(C)CCC2C=O)cc1OC. The minimum absolute atomic E-state index is 0.0919. The quantitative estimate of drug-likeness (QED) is 0.778. The van der Waals surface area contributed by atoms with Crippen LogP contribution in [0.5, 0.6) is 11.5 Å². The number of carbonyl (C=O) groups excluding carboxylic acids is 1. The molecule has 1 aliphatic rings. The highest BCUT2D eigenvalue weighted by Gasteiger charge is 2.29. The van der Waals surface area contributed by atoms with Gasteiger partial charge in [-0.25, -0.2) is 0 Å². The molecule has 0 N–H and O–H groups in total. The number of ether oxygens (including phenoxy) is 2. The third kappa shape index (κ3) is 2.89. The van der Waals surface area contributed by atoms with Gasteiger partial charge in [-0.05, 0) is 37.7 Å². The van der Waals surface area contributed by atoms with Gasteiger partial charge >= 0.3 is 0 Å². The van der Waals surface area contributed by atoms with Crippen LogP contribution in [0.2, 0.25) is 0 Å². The molecule has 1 saturated heterocycles. The maximum Gasteiger partial charge on any atom is 0.160 e. The van der Waals surface area contributed by atoms with E-state index in [-0.39, 0.29) is 11.8 Å². The van der Waals surface area contributed by atoms with Crippen molar-refractivity contribution < 1.29 is 14.3 Å². The number of nitrogens with zero attached hydrogens (tertiary/aromatic N) is 1. The van der Waals surface area contributed by atoms with Crippen molar-refractivity contribution in [2.24, 2.45) is 5.92 Å². The number of piperidine rings is 1. The number of hydrogen-bond acceptors (Lipinski definition) is 4. The van der Waals surface area contributed by atoms with Gasteiger partial charge in [0.1, 0.15) is 6.29 Å². The fourth-order valence-corrected chi connectivity index (χ4v) is 2.73. The van der Waals surface area contributed by atoms with Gasteiger partial charge in [-0.15, -0.1) is 0 Å². The lowest BCUT2D eigenvalue weighted by Crippen LogP contribution is -2.37. The first-order valence-corrected chi connectivity index (χ1v) is 6.55. The largest absolute Gasteiger partial charge is 0.493 e. The van der Waals surface area contributed by atoms with Gasteiger partial charge in [-0.1, -0.05) is 6.07 Å². The van der Waals surface area contributed by atoms with Crippen molar-refractivity contribution in [1.82, 2.24) is 4.90 Å². The Morgan fingerprint density at radius 2 is 2.00 bits per heavy atom. The van der Waals surface area contributed by atoms with Crippen molar-refractivity contribution in [3.8, 4) is 11.5 Å². The zero-order valence-corrected chi connectivity index (χ0v) is 11.8. The van der Waals surface area contributed by atoms with Crippen molar-refractivity contribution in [2.75, 3.05) is 34.4 Å². The summed E-state index contributed by atoms with van der Waals surface area (Å²) in [6.45, 7) is 1.88. The Labute approximate surface area is 114 Å². The van der Waals surface area contributed by atoms with Gasteiger partial charge in [0, 0.05) is 18.4 Å². The molecule has 104 valence electrons. The highest BCUT2D eigenvalue weighted by atomic mass is 16.5. The van der Waals surface area contributed by atoms with Gasteiger partial charge in [0.2, 0.25) is 0 Å². The van der Waals surface area contributed by atoms with E-state index in [1.165, 1.54) is 0 Å². The Kier molecular flexibility index (Phi) is 4.43. The Hall–Kier alpha value is -1.55. The molecule has 1 aromatic carbocycles. The van der Waals surface area contributed by atoms with Crippen LogP contribution in [0.4, 0.5) is 0 Å². The molecule has 0 bridgehead atoms. The second-order valence-electron chi connectivity index (χ2n) is 5.07. The summed E-state index contributed by atoms with van der Waals surface area (Å²) in [7, 11) is 5.35. The summed E-state index contributed by atoms with van der Waals surface area (Å²) in [5, 5.41) is 0. The molecule has 0 radical (unpaired) electrons. The summed E-state index contributed by atoms with van der Waals surface area (Å²) >= 11 is 0. The molecule has 0 aromatic heterocycles. The summed E-state index contributed by atoms with van der Waals surface area (Å²) in [5.41, 5.74) is 1.14. The molecule has 1 fully saturated rings. The predicted molar refractivity (Wildman–Crippen MR) is 74.0 cm³/mol. The number of methoxy groups -OCH3 is 2. The summed E-state index contributed by atoms with van der Waals surface area (Å²) in [4.78, 5) is 13.5. The first-order chi connectivity index (χ1) is 9.19. The summed E-state index contributed by atoms with van der Waals surface area (Å²) in [6.07, 6.45) is 2.01. The van der Waals surface area contributed by atoms with Gasteiger partial charge in [0.15, 0.2) is 11.5 Å². The van der Waals surface area contributed by atoms with E-state index in [0.717, 1.165) is 42.9 Å². The van der Waals surface area contributed by atoms with Crippen molar-refractivity contribution in [1.29, 1.82) is 0 Å². The van der Waals surface area contributed by atoms with Crippen molar-refractivity contribution >= 4 is 6.29 Å². The van der Waals surface area contributed by atoms with E-state index < -0.39 is 0 Å². The molecular formula is C15H21NO3. The minimum Gasteiger partial charge on any atom is -0.493 e. The predicted octanol–water partition coefficient (Wildman–Crippen LogP) is 1.94. The molecule has 0 aliphatic carbocycles. The average molecular weight is 263 g/mol. The van der Waals surface area contributed by atoms with Crippen LogP contribution in [0.1, 0.15) is 17.9 Å². The lowest BCUT2D eigenvalue weighted by atomic mass is 9.81. The zero-order valence-electron chi connectivity index (χ0n) is 11.8. The Bertz CT molecular complexity index is 447. The Morgan fingerprint density at radius 3 is 2.63 bits per heavy atom. The van der Waals surface area contributed by atoms with Crippen LogP contribution in [0, 0.1) is 5.92 Å². The highest BCUT2D eigenvalue weighted by molar-refractivity contribution is 5.57. The van der Waals surface area contributed by atoms with E-state index >= 15 is 0 Å². The second-order valence-corrected chi connectivity index (χ2v) is 5.07. The molecule has 2 unspecified atom stereocenters. The molecule has 1 aliphatic heterocycles. The maximum atomic E-state index is 11.3. The first kappa shape index (κ1) is 13.9. The number of rotatable bonds is 4. The number of hydrogen-bond donors (Lipinski definition) is 0. The molecule has 4 heteroatoms. The third-order valence-corrected chi connectivity index (χ3v) is 3.88. The van der Waals surface area contributed by atoms with Crippen LogP contribution in [-0.2, 0) is 4.79 Å². The second kappa shape index (κ2) is 6.06. The van der Waals surface area contributed by atoms with E-state index in [0.29, 0.717) is 0 Å². The number of benzene rings is 1. The van der Waals surface area contributed by atoms with E-state index in [1.54, 1.807) is 14.2 Å². The minimum atomic E-state index is 0.0919. The van der Waals surface area contributed by atoms with Gasteiger partial charge in [-0.2, -0.15) is 0 Å². The maximum absolute atomic E-state index is 11.3. The normalized spacial score (nSPS) is 23.9. The summed E-state index contributed by atoms with van der Waals surface area (Å²) in [6, 6.07) is 5.92. The lowest BCUT2D eigenvalue weighted by Gasteiger charge is -2.34. The van der Waals surface area contributed by atoms with Crippen molar-refractivity contribution in [3.63, 3.8) is 0 Å². The number of likely N-dealkylation sites (tertiary alicyclic amines) is 1. The zero-order chi connectivity index (χ0) is 13.8. The van der Waals surface area contributed by atoms with Crippen molar-refractivity contribution in [2.45, 2.75) is 12.3 Å². The molecule has 2 rings (SSSR count). The molecule has 1 heterocycles. The molecule has 2 atom stereocenters. The van der Waals surface area contributed by atoms with E-state index in [1.807, 2.05) is 18.2 Å². The van der Waals surface area contributed by atoms with Gasteiger partial charge < -0.3 is 19.2 Å². The van der Waals surface area contributed by atoms with E-state index in [4.69, 9.17) is 9.47 Å². The summed E-state index contributed by atoms with van der Waals surface area (Å²) in [5.74, 6) is 1.77. The fraction of sp³-hybridized carbons (Fsp3) is 0.533. The number of likely N-dealkylation sites (N-methyl/N-ethyl adjacent to an activating group) is 1. The average Bonchev–Trinajstić information content (AvgIpc) is 2.46. The van der Waals surface area contributed by atoms with Gasteiger partial charge in [0.25, 0.3) is 0 Å². The monoisotopic (exact) mass is 263 g/mol. The number of aldehydes is 1. The fourth-order valence-electron chi connectivity index (χ4n) is 2.73. The van der Waals surface area contributed by atoms with E-state index in [2.05, 4.69) is 11.9 Å². The molecule has 0 saturated carbocycles. The topological polar surface area (TPSA) is 38.8 Å².